The summed E-state index contributed by atoms with van der Waals surface area (Å²) in [5.74, 6) is 1.48. The van der Waals surface area contributed by atoms with Gasteiger partial charge in [0.1, 0.15) is 11.5 Å². The number of hydrogen-bond donors (Lipinski definition) is 0. The second-order valence-electron chi connectivity index (χ2n) is 9.40. The van der Waals surface area contributed by atoms with Crippen molar-refractivity contribution in [2.75, 3.05) is 18.1 Å². The normalized spacial score (nSPS) is 12.4. The number of nitrogens with zero attached hydrogens (tertiary/aromatic N) is 6. The van der Waals surface area contributed by atoms with Gasteiger partial charge in [-0.15, -0.1) is 10.2 Å². The van der Waals surface area contributed by atoms with Gasteiger partial charge in [-0.05, 0) is 55.7 Å². The van der Waals surface area contributed by atoms with Crippen molar-refractivity contribution >= 4 is 29.2 Å². The first-order valence-electron chi connectivity index (χ1n) is 13.0. The van der Waals surface area contributed by atoms with Crippen LogP contribution in [0, 0.1) is 6.92 Å². The van der Waals surface area contributed by atoms with E-state index >= 15 is 0 Å². The molecule has 0 N–H and O–H groups in total. The summed E-state index contributed by atoms with van der Waals surface area (Å²) in [5, 5.41) is 16.5. The van der Waals surface area contributed by atoms with E-state index in [-0.39, 0.29) is 5.91 Å². The van der Waals surface area contributed by atoms with Crippen LogP contribution < -0.4 is 5.01 Å². The maximum atomic E-state index is 13.1. The summed E-state index contributed by atoms with van der Waals surface area (Å²) in [6.45, 7) is 8.12. The number of aromatic nitrogens is 3. The Morgan fingerprint density at radius 3 is 2.26 bits per heavy atom. The fourth-order valence-corrected chi connectivity index (χ4v) is 4.90. The van der Waals surface area contributed by atoms with E-state index < -0.39 is 0 Å². The first kappa shape index (κ1) is 25.7. The van der Waals surface area contributed by atoms with E-state index in [2.05, 4.69) is 36.2 Å². The van der Waals surface area contributed by atoms with Crippen LogP contribution in [0.2, 0.25) is 5.02 Å². The van der Waals surface area contributed by atoms with Crippen LogP contribution in [0.5, 0.6) is 0 Å². The van der Waals surface area contributed by atoms with E-state index in [9.17, 15) is 4.79 Å². The molecule has 1 aliphatic heterocycles. The Morgan fingerprint density at radius 2 is 1.58 bits per heavy atom. The summed E-state index contributed by atoms with van der Waals surface area (Å²) >= 11 is 6.19. The summed E-state index contributed by atoms with van der Waals surface area (Å²) in [7, 11) is 0. The SMILES string of the molecule is CCCN(CCC)C(=O)c1ccc(CN2N=C(c3ccc(Cl)cc3)c3ccccc3-n3c(C)nnc32)cc1. The van der Waals surface area contributed by atoms with E-state index in [0.717, 1.165) is 59.8 Å². The number of fused-ring (bicyclic) bond motifs is 3. The van der Waals surface area contributed by atoms with Crippen molar-refractivity contribution in [1.82, 2.24) is 19.7 Å². The van der Waals surface area contributed by atoms with E-state index in [4.69, 9.17) is 16.7 Å². The number of benzene rings is 3. The Bertz CT molecular complexity index is 1450. The first-order valence-corrected chi connectivity index (χ1v) is 13.4. The Balaban J connectivity index is 1.52. The van der Waals surface area contributed by atoms with E-state index in [1.165, 1.54) is 0 Å². The zero-order valence-electron chi connectivity index (χ0n) is 21.9. The van der Waals surface area contributed by atoms with Gasteiger partial charge in [-0.3, -0.25) is 9.36 Å². The van der Waals surface area contributed by atoms with Crippen molar-refractivity contribution in [2.24, 2.45) is 5.10 Å². The average Bonchev–Trinajstić information content (AvgIpc) is 3.26. The number of halogens is 1. The predicted molar refractivity (Wildman–Crippen MR) is 152 cm³/mol. The number of amides is 1. The van der Waals surface area contributed by atoms with Crippen LogP contribution in [0.4, 0.5) is 5.95 Å². The molecule has 0 saturated carbocycles. The molecule has 1 amide bonds. The zero-order valence-corrected chi connectivity index (χ0v) is 22.7. The molecule has 0 unspecified atom stereocenters. The van der Waals surface area contributed by atoms with Gasteiger partial charge in [0.15, 0.2) is 0 Å². The Labute approximate surface area is 228 Å². The van der Waals surface area contributed by atoms with Crippen LogP contribution in [0.15, 0.2) is 77.9 Å². The highest BCUT2D eigenvalue weighted by atomic mass is 35.5. The molecule has 0 bridgehead atoms. The number of carbonyl (C=O) groups is 1. The summed E-state index contributed by atoms with van der Waals surface area (Å²) in [6.07, 6.45) is 1.88. The zero-order chi connectivity index (χ0) is 26.6. The largest absolute Gasteiger partial charge is 0.339 e. The lowest BCUT2D eigenvalue weighted by molar-refractivity contribution is 0.0755. The minimum Gasteiger partial charge on any atom is -0.339 e. The van der Waals surface area contributed by atoms with Gasteiger partial charge in [0, 0.05) is 34.8 Å². The fourth-order valence-electron chi connectivity index (χ4n) is 4.78. The third-order valence-corrected chi connectivity index (χ3v) is 6.84. The maximum Gasteiger partial charge on any atom is 0.253 e. The third-order valence-electron chi connectivity index (χ3n) is 6.58. The van der Waals surface area contributed by atoms with Gasteiger partial charge in [0.25, 0.3) is 11.9 Å². The van der Waals surface area contributed by atoms with Gasteiger partial charge >= 0.3 is 0 Å². The third kappa shape index (κ3) is 5.07. The van der Waals surface area contributed by atoms with Crippen molar-refractivity contribution in [2.45, 2.75) is 40.2 Å². The van der Waals surface area contributed by atoms with Crippen LogP contribution in [0.25, 0.3) is 5.69 Å². The van der Waals surface area contributed by atoms with Crippen molar-refractivity contribution in [3.05, 3.63) is 106 Å². The molecule has 0 spiro atoms. The molecular weight excluding hydrogens is 496 g/mol. The summed E-state index contributed by atoms with van der Waals surface area (Å²) < 4.78 is 2.03. The quantitative estimate of drug-likeness (QED) is 0.271. The van der Waals surface area contributed by atoms with Gasteiger partial charge in [-0.1, -0.05) is 67.9 Å². The molecule has 8 heteroatoms. The van der Waals surface area contributed by atoms with E-state index in [1.54, 1.807) is 0 Å². The standard InChI is InChI=1S/C30H31ClN6O/c1-4-18-35(19-5-2)29(38)24-12-10-22(11-13-24)20-36-30-33-32-21(3)37(30)27-9-7-6-8-26(27)28(34-36)23-14-16-25(31)17-15-23/h6-17H,4-5,18-20H2,1-3H3. The van der Waals surface area contributed by atoms with E-state index in [1.807, 2.05) is 82.1 Å². The molecule has 1 aliphatic rings. The molecule has 4 aromatic rings. The summed E-state index contributed by atoms with van der Waals surface area (Å²) in [4.78, 5) is 15.0. The molecule has 0 radical (unpaired) electrons. The number of anilines is 1. The number of carbonyl (C=O) groups excluding carboxylic acids is 1. The Hall–Kier alpha value is -3.97. The minimum absolute atomic E-state index is 0.0730. The predicted octanol–water partition coefficient (Wildman–Crippen LogP) is 6.26. The smallest absolute Gasteiger partial charge is 0.253 e. The van der Waals surface area contributed by atoms with Crippen molar-refractivity contribution in [3.63, 3.8) is 0 Å². The Kier molecular flexibility index (Phi) is 7.56. The van der Waals surface area contributed by atoms with Gasteiger partial charge in [-0.2, -0.15) is 5.10 Å². The topological polar surface area (TPSA) is 66.6 Å². The molecule has 0 atom stereocenters. The second-order valence-corrected chi connectivity index (χ2v) is 9.84. The van der Waals surface area contributed by atoms with Crippen LogP contribution in [0.3, 0.4) is 0 Å². The second kappa shape index (κ2) is 11.2. The summed E-state index contributed by atoms with van der Waals surface area (Å²) in [5.41, 5.74) is 5.43. The number of hydrogen-bond acceptors (Lipinski definition) is 5. The van der Waals surface area contributed by atoms with E-state index in [0.29, 0.717) is 23.1 Å². The van der Waals surface area contributed by atoms with Crippen LogP contribution in [0.1, 0.15) is 59.6 Å². The number of para-hydroxylation sites is 1. The highest BCUT2D eigenvalue weighted by molar-refractivity contribution is 6.30. The molecule has 7 nitrogen and oxygen atoms in total. The number of aryl methyl sites for hydroxylation is 1. The monoisotopic (exact) mass is 526 g/mol. The molecule has 2 heterocycles. The number of rotatable bonds is 8. The van der Waals surface area contributed by atoms with Crippen molar-refractivity contribution in [1.29, 1.82) is 0 Å². The molecule has 0 aliphatic carbocycles. The highest BCUT2D eigenvalue weighted by Crippen LogP contribution is 2.30. The molecular formula is C30H31ClN6O. The molecule has 194 valence electrons. The molecule has 3 aromatic carbocycles. The van der Waals surface area contributed by atoms with Gasteiger partial charge < -0.3 is 4.90 Å². The average molecular weight is 527 g/mol. The molecule has 38 heavy (non-hydrogen) atoms. The van der Waals surface area contributed by atoms with Crippen LogP contribution in [-0.4, -0.2) is 44.4 Å². The highest BCUT2D eigenvalue weighted by Gasteiger charge is 2.26. The number of hydrazone groups is 1. The lowest BCUT2D eigenvalue weighted by Crippen LogP contribution is -2.32. The molecule has 5 rings (SSSR count). The minimum atomic E-state index is 0.0730. The van der Waals surface area contributed by atoms with Gasteiger partial charge in [0.2, 0.25) is 0 Å². The lowest BCUT2D eigenvalue weighted by atomic mass is 10.0. The molecule has 0 saturated heterocycles. The van der Waals surface area contributed by atoms with Crippen LogP contribution >= 0.6 is 11.6 Å². The van der Waals surface area contributed by atoms with Crippen molar-refractivity contribution < 1.29 is 4.79 Å². The fraction of sp³-hybridized carbons (Fsp3) is 0.267. The van der Waals surface area contributed by atoms with Gasteiger partial charge in [-0.25, -0.2) is 5.01 Å². The molecule has 1 aromatic heterocycles. The summed E-state index contributed by atoms with van der Waals surface area (Å²) in [6, 6.07) is 23.6. The van der Waals surface area contributed by atoms with Crippen LogP contribution in [-0.2, 0) is 6.54 Å². The Morgan fingerprint density at radius 1 is 0.895 bits per heavy atom. The maximum absolute atomic E-state index is 13.1. The van der Waals surface area contributed by atoms with Crippen molar-refractivity contribution in [3.8, 4) is 5.69 Å². The molecule has 0 fully saturated rings. The lowest BCUT2D eigenvalue weighted by Gasteiger charge is -2.22. The van der Waals surface area contributed by atoms with Gasteiger partial charge in [0.05, 0.1) is 12.2 Å². The first-order chi connectivity index (χ1) is 18.5.